The molecule has 0 saturated carbocycles. The van der Waals surface area contributed by atoms with E-state index < -0.39 is 15.5 Å². The van der Waals surface area contributed by atoms with Crippen molar-refractivity contribution in [3.63, 3.8) is 0 Å². The van der Waals surface area contributed by atoms with Crippen molar-refractivity contribution in [3.05, 3.63) is 30.3 Å². The van der Waals surface area contributed by atoms with Gasteiger partial charge in [-0.05, 0) is 37.8 Å². The number of guanidine groups is 1. The van der Waals surface area contributed by atoms with Crippen LogP contribution in [0.4, 0.5) is 18.9 Å². The zero-order valence-corrected chi connectivity index (χ0v) is 21.0. The summed E-state index contributed by atoms with van der Waals surface area (Å²) in [5, 5.41) is 6.44. The van der Waals surface area contributed by atoms with Gasteiger partial charge in [0.15, 0.2) is 5.96 Å². The molecule has 178 valence electrons. The van der Waals surface area contributed by atoms with Crippen LogP contribution in [0.3, 0.4) is 0 Å². The Bertz CT molecular complexity index is 801. The molecule has 1 aliphatic heterocycles. The quantitative estimate of drug-likeness (QED) is 0.296. The van der Waals surface area contributed by atoms with Crippen LogP contribution in [0.5, 0.6) is 0 Å². The van der Waals surface area contributed by atoms with E-state index in [1.807, 2.05) is 37.4 Å². The normalized spacial score (nSPS) is 17.5. The summed E-state index contributed by atoms with van der Waals surface area (Å²) in [5.41, 5.74) is -4.14. The molecule has 0 aliphatic carbocycles. The first-order chi connectivity index (χ1) is 14.1. The molecule has 31 heavy (non-hydrogen) atoms. The molecule has 0 aromatic heterocycles. The minimum absolute atomic E-state index is 0. The van der Waals surface area contributed by atoms with Crippen LogP contribution in [0, 0.1) is 5.92 Å². The number of halogens is 4. The Morgan fingerprint density at radius 3 is 2.32 bits per heavy atom. The molecular formula is C19H31F3IN5O2S. The number of rotatable bonds is 7. The number of sulfonamides is 1. The van der Waals surface area contributed by atoms with Crippen molar-refractivity contribution >= 4 is 45.6 Å². The molecule has 7 nitrogen and oxygen atoms in total. The predicted molar refractivity (Wildman–Crippen MR) is 128 cm³/mol. The molecule has 0 bridgehead atoms. The average Bonchev–Trinajstić information content (AvgIpc) is 2.73. The van der Waals surface area contributed by atoms with Crippen molar-refractivity contribution in [3.8, 4) is 0 Å². The molecule has 0 radical (unpaired) electrons. The standard InChI is InChI=1S/C19H30F3N5O2S.HI/c1-15(26(3)17-7-5-4-6-8-17)13-24-18(23-2)25-14-16-9-11-27(12-10-16)30(28,29)19(20,21)22;/h4-8,15-16H,9-14H2,1-3H3,(H2,23,24,25);1H. The van der Waals surface area contributed by atoms with E-state index in [0.29, 0.717) is 36.2 Å². The maximum atomic E-state index is 12.7. The van der Waals surface area contributed by atoms with Crippen LogP contribution in [-0.2, 0) is 10.0 Å². The van der Waals surface area contributed by atoms with Gasteiger partial charge in [0.1, 0.15) is 0 Å². The van der Waals surface area contributed by atoms with Gasteiger partial charge in [0.25, 0.3) is 0 Å². The fraction of sp³-hybridized carbons (Fsp3) is 0.632. The number of nitrogens with zero attached hydrogens (tertiary/aromatic N) is 3. The third-order valence-corrected chi connectivity index (χ3v) is 7.01. The van der Waals surface area contributed by atoms with Crippen LogP contribution < -0.4 is 15.5 Å². The van der Waals surface area contributed by atoms with E-state index in [1.165, 1.54) is 0 Å². The number of anilines is 1. The lowest BCUT2D eigenvalue weighted by Crippen LogP contribution is -2.48. The highest BCUT2D eigenvalue weighted by Crippen LogP contribution is 2.30. The SMILES string of the molecule is CN=C(NCC1CCN(S(=O)(=O)C(F)(F)F)CC1)NCC(C)N(C)c1ccccc1.I. The molecule has 2 N–H and O–H groups in total. The second kappa shape index (κ2) is 12.1. The van der Waals surface area contributed by atoms with E-state index in [1.54, 1.807) is 7.05 Å². The average molecular weight is 577 g/mol. The molecule has 1 saturated heterocycles. The Morgan fingerprint density at radius 1 is 1.23 bits per heavy atom. The molecule has 1 heterocycles. The summed E-state index contributed by atoms with van der Waals surface area (Å²) in [5.74, 6) is 0.682. The van der Waals surface area contributed by atoms with E-state index in [-0.39, 0.29) is 49.0 Å². The van der Waals surface area contributed by atoms with Crippen molar-refractivity contribution in [1.29, 1.82) is 0 Å². The summed E-state index contributed by atoms with van der Waals surface area (Å²) in [6.45, 7) is 3.00. The van der Waals surface area contributed by atoms with Gasteiger partial charge in [0.05, 0.1) is 0 Å². The first kappa shape index (κ1) is 27.8. The highest BCUT2D eigenvalue weighted by atomic mass is 127. The zero-order chi connectivity index (χ0) is 22.4. The third-order valence-electron chi connectivity index (χ3n) is 5.38. The van der Waals surface area contributed by atoms with Gasteiger partial charge in [0, 0.05) is 52.0 Å². The Balaban J connectivity index is 0.00000480. The molecule has 1 atom stereocenters. The second-order valence-corrected chi connectivity index (χ2v) is 9.35. The Hall–Kier alpha value is -1.28. The largest absolute Gasteiger partial charge is 0.511 e. The molecule has 0 amide bonds. The van der Waals surface area contributed by atoms with Crippen molar-refractivity contribution in [2.45, 2.75) is 31.3 Å². The number of alkyl halides is 3. The molecule has 1 aliphatic rings. The van der Waals surface area contributed by atoms with Crippen LogP contribution in [0.2, 0.25) is 0 Å². The lowest BCUT2D eigenvalue weighted by atomic mass is 9.98. The predicted octanol–water partition coefficient (Wildman–Crippen LogP) is 2.86. The molecule has 1 fully saturated rings. The van der Waals surface area contributed by atoms with Gasteiger partial charge in [-0.1, -0.05) is 18.2 Å². The van der Waals surface area contributed by atoms with Crippen LogP contribution in [0.15, 0.2) is 35.3 Å². The number of nitrogens with one attached hydrogen (secondary N) is 2. The molecule has 1 aromatic rings. The zero-order valence-electron chi connectivity index (χ0n) is 17.9. The number of piperidine rings is 1. The number of benzene rings is 1. The number of hydrogen-bond acceptors (Lipinski definition) is 4. The fourth-order valence-corrected chi connectivity index (χ4v) is 4.24. The van der Waals surface area contributed by atoms with Gasteiger partial charge in [-0.3, -0.25) is 4.99 Å². The van der Waals surface area contributed by atoms with Crippen molar-refractivity contribution in [1.82, 2.24) is 14.9 Å². The summed E-state index contributed by atoms with van der Waals surface area (Å²) in [7, 11) is -1.57. The van der Waals surface area contributed by atoms with Gasteiger partial charge >= 0.3 is 15.5 Å². The molecule has 2 rings (SSSR count). The minimum atomic E-state index is -5.24. The Labute approximate surface area is 199 Å². The highest BCUT2D eigenvalue weighted by Gasteiger charge is 2.50. The van der Waals surface area contributed by atoms with Gasteiger partial charge < -0.3 is 15.5 Å². The van der Waals surface area contributed by atoms with Crippen LogP contribution in [-0.4, -0.2) is 70.5 Å². The van der Waals surface area contributed by atoms with E-state index in [9.17, 15) is 21.6 Å². The fourth-order valence-electron chi connectivity index (χ4n) is 3.26. The minimum Gasteiger partial charge on any atom is -0.370 e. The summed E-state index contributed by atoms with van der Waals surface area (Å²) < 4.78 is 61.5. The summed E-state index contributed by atoms with van der Waals surface area (Å²) >= 11 is 0. The first-order valence-electron chi connectivity index (χ1n) is 9.85. The molecule has 1 aromatic carbocycles. The van der Waals surface area contributed by atoms with Crippen molar-refractivity contribution in [2.75, 3.05) is 45.2 Å². The highest BCUT2D eigenvalue weighted by molar-refractivity contribution is 14.0. The number of likely N-dealkylation sites (N-methyl/N-ethyl adjacent to an activating group) is 1. The number of aliphatic imine (C=N–C) groups is 1. The van der Waals surface area contributed by atoms with Crippen LogP contribution >= 0.6 is 24.0 Å². The number of hydrogen-bond donors (Lipinski definition) is 2. The molecular weight excluding hydrogens is 546 g/mol. The smallest absolute Gasteiger partial charge is 0.370 e. The van der Waals surface area contributed by atoms with E-state index in [4.69, 9.17) is 0 Å². The monoisotopic (exact) mass is 577 g/mol. The number of para-hydroxylation sites is 1. The third kappa shape index (κ3) is 7.67. The molecule has 0 spiro atoms. The molecule has 12 heteroatoms. The Morgan fingerprint density at radius 2 is 1.81 bits per heavy atom. The van der Waals surface area contributed by atoms with E-state index >= 15 is 0 Å². The Kier molecular flexibility index (Phi) is 10.8. The van der Waals surface area contributed by atoms with Crippen molar-refractivity contribution < 1.29 is 21.6 Å². The van der Waals surface area contributed by atoms with Crippen molar-refractivity contribution in [2.24, 2.45) is 10.9 Å². The van der Waals surface area contributed by atoms with Crippen LogP contribution in [0.25, 0.3) is 0 Å². The van der Waals surface area contributed by atoms with Gasteiger partial charge in [-0.2, -0.15) is 17.5 Å². The van der Waals surface area contributed by atoms with E-state index in [0.717, 1.165) is 5.69 Å². The topological polar surface area (TPSA) is 77.0 Å². The second-order valence-electron chi connectivity index (χ2n) is 7.42. The maximum absolute atomic E-state index is 12.7. The molecule has 1 unspecified atom stereocenters. The lowest BCUT2D eigenvalue weighted by Gasteiger charge is -2.32. The lowest BCUT2D eigenvalue weighted by molar-refractivity contribution is -0.0496. The van der Waals surface area contributed by atoms with E-state index in [2.05, 4.69) is 27.4 Å². The summed E-state index contributed by atoms with van der Waals surface area (Å²) in [6.07, 6.45) is 0.735. The summed E-state index contributed by atoms with van der Waals surface area (Å²) in [6, 6.07) is 10.2. The maximum Gasteiger partial charge on any atom is 0.511 e. The van der Waals surface area contributed by atoms with Crippen LogP contribution in [0.1, 0.15) is 19.8 Å². The van der Waals surface area contributed by atoms with Gasteiger partial charge in [0.2, 0.25) is 0 Å². The van der Waals surface area contributed by atoms with Gasteiger partial charge in [-0.15, -0.1) is 24.0 Å². The first-order valence-corrected chi connectivity index (χ1v) is 11.3. The summed E-state index contributed by atoms with van der Waals surface area (Å²) in [4.78, 5) is 6.33. The van der Waals surface area contributed by atoms with Gasteiger partial charge in [-0.25, -0.2) is 8.42 Å².